The number of rotatable bonds is 8. The Hall–Kier alpha value is -0.650. The summed E-state index contributed by atoms with van der Waals surface area (Å²) in [5, 5.41) is 3.33. The Morgan fingerprint density at radius 1 is 1.55 bits per heavy atom. The first kappa shape index (κ1) is 17.4. The van der Waals surface area contributed by atoms with E-state index in [1.807, 2.05) is 6.92 Å². The van der Waals surface area contributed by atoms with Gasteiger partial charge in [0.15, 0.2) is 0 Å². The lowest BCUT2D eigenvalue weighted by molar-refractivity contribution is -0.148. The van der Waals surface area contributed by atoms with Crippen LogP contribution in [0.5, 0.6) is 0 Å². The van der Waals surface area contributed by atoms with Gasteiger partial charge in [0.1, 0.15) is 5.54 Å². The highest BCUT2D eigenvalue weighted by Gasteiger charge is 2.33. The quantitative estimate of drug-likeness (QED) is 0.684. The molecule has 5 heteroatoms. The van der Waals surface area contributed by atoms with E-state index in [4.69, 9.17) is 9.47 Å². The minimum atomic E-state index is -0.569. The molecule has 20 heavy (non-hydrogen) atoms. The molecule has 0 bridgehead atoms. The number of nitrogens with zero attached hydrogens (tertiary/aromatic N) is 1. The molecule has 1 heterocycles. The molecular weight excluding hydrogens is 256 g/mol. The molecule has 1 N–H and O–H groups in total. The van der Waals surface area contributed by atoms with Crippen LogP contribution in [0.1, 0.15) is 40.0 Å². The third kappa shape index (κ3) is 5.04. The number of methoxy groups -OCH3 is 1. The van der Waals surface area contributed by atoms with Crippen molar-refractivity contribution in [2.75, 3.05) is 40.0 Å². The zero-order valence-electron chi connectivity index (χ0n) is 13.4. The molecule has 1 saturated heterocycles. The monoisotopic (exact) mass is 286 g/mol. The molecule has 5 nitrogen and oxygen atoms in total. The number of carbonyl (C=O) groups excluding carboxylic acids is 1. The predicted molar refractivity (Wildman–Crippen MR) is 79.8 cm³/mol. The number of ether oxygens (including phenoxy) is 2. The lowest BCUT2D eigenvalue weighted by atomic mass is 9.95. The maximum Gasteiger partial charge on any atom is 0.325 e. The van der Waals surface area contributed by atoms with Gasteiger partial charge in [-0.1, -0.05) is 6.92 Å². The van der Waals surface area contributed by atoms with Crippen molar-refractivity contribution in [1.29, 1.82) is 0 Å². The van der Waals surface area contributed by atoms with E-state index in [0.717, 1.165) is 52.1 Å². The zero-order valence-corrected chi connectivity index (χ0v) is 13.4. The third-order valence-corrected chi connectivity index (χ3v) is 4.03. The van der Waals surface area contributed by atoms with E-state index in [1.165, 1.54) is 7.11 Å². The molecule has 1 rings (SSSR count). The van der Waals surface area contributed by atoms with E-state index in [1.54, 1.807) is 0 Å². The van der Waals surface area contributed by atoms with Gasteiger partial charge in [0.05, 0.1) is 20.3 Å². The van der Waals surface area contributed by atoms with Crippen LogP contribution in [0.15, 0.2) is 0 Å². The lowest BCUT2D eigenvalue weighted by Crippen LogP contribution is -2.51. The number of hydrogen-bond donors (Lipinski definition) is 1. The molecule has 0 aromatic carbocycles. The Labute approximate surface area is 123 Å². The fourth-order valence-electron chi connectivity index (χ4n) is 2.62. The SMILES string of the molecule is CCCNC(C)(CCCN1CCOCC1C)C(=O)OC. The first-order valence-electron chi connectivity index (χ1n) is 7.68. The first-order valence-corrected chi connectivity index (χ1v) is 7.68. The number of carbonyl (C=O) groups is 1. The van der Waals surface area contributed by atoms with E-state index in [9.17, 15) is 4.79 Å². The molecule has 2 atom stereocenters. The Morgan fingerprint density at radius 3 is 2.90 bits per heavy atom. The summed E-state index contributed by atoms with van der Waals surface area (Å²) in [5.41, 5.74) is -0.569. The topological polar surface area (TPSA) is 50.8 Å². The zero-order chi connectivity index (χ0) is 15.0. The Morgan fingerprint density at radius 2 is 2.30 bits per heavy atom. The molecule has 118 valence electrons. The number of hydrogen-bond acceptors (Lipinski definition) is 5. The predicted octanol–water partition coefficient (Wildman–Crippen LogP) is 1.42. The smallest absolute Gasteiger partial charge is 0.325 e. The van der Waals surface area contributed by atoms with Gasteiger partial charge < -0.3 is 14.8 Å². The van der Waals surface area contributed by atoms with Crippen LogP contribution < -0.4 is 5.32 Å². The Kier molecular flexibility index (Phi) is 7.48. The van der Waals surface area contributed by atoms with Crippen molar-refractivity contribution in [2.24, 2.45) is 0 Å². The van der Waals surface area contributed by atoms with Crippen LogP contribution in [-0.2, 0) is 14.3 Å². The number of esters is 1. The molecule has 0 saturated carbocycles. The molecule has 0 aliphatic carbocycles. The van der Waals surface area contributed by atoms with Gasteiger partial charge in [-0.15, -0.1) is 0 Å². The molecule has 0 amide bonds. The summed E-state index contributed by atoms with van der Waals surface area (Å²) >= 11 is 0. The maximum absolute atomic E-state index is 12.0. The molecule has 0 aromatic rings. The third-order valence-electron chi connectivity index (χ3n) is 4.03. The molecule has 2 unspecified atom stereocenters. The van der Waals surface area contributed by atoms with Crippen LogP contribution in [0.2, 0.25) is 0 Å². The summed E-state index contributed by atoms with van der Waals surface area (Å²) < 4.78 is 10.4. The van der Waals surface area contributed by atoms with Gasteiger partial charge in [0, 0.05) is 12.6 Å². The minimum Gasteiger partial charge on any atom is -0.468 e. The van der Waals surface area contributed by atoms with Crippen molar-refractivity contribution in [3.8, 4) is 0 Å². The second-order valence-electron chi connectivity index (χ2n) is 5.81. The second-order valence-corrected chi connectivity index (χ2v) is 5.81. The Balaban J connectivity index is 2.43. The van der Waals surface area contributed by atoms with Gasteiger partial charge in [0.25, 0.3) is 0 Å². The molecule has 0 spiro atoms. The highest BCUT2D eigenvalue weighted by Crippen LogP contribution is 2.16. The molecule has 1 aliphatic rings. The van der Waals surface area contributed by atoms with E-state index in [0.29, 0.717) is 6.04 Å². The van der Waals surface area contributed by atoms with Crippen molar-refractivity contribution in [3.05, 3.63) is 0 Å². The molecule has 1 aliphatic heterocycles. The van der Waals surface area contributed by atoms with Crippen LogP contribution in [0.4, 0.5) is 0 Å². The summed E-state index contributed by atoms with van der Waals surface area (Å²) in [6.07, 6.45) is 2.78. The van der Waals surface area contributed by atoms with Gasteiger partial charge in [-0.3, -0.25) is 9.69 Å². The van der Waals surface area contributed by atoms with Crippen molar-refractivity contribution in [1.82, 2.24) is 10.2 Å². The van der Waals surface area contributed by atoms with E-state index in [2.05, 4.69) is 24.1 Å². The first-order chi connectivity index (χ1) is 9.53. The summed E-state index contributed by atoms with van der Waals surface area (Å²) in [5.74, 6) is -0.166. The van der Waals surface area contributed by atoms with Gasteiger partial charge >= 0.3 is 5.97 Å². The normalized spacial score (nSPS) is 23.3. The largest absolute Gasteiger partial charge is 0.468 e. The van der Waals surface area contributed by atoms with Crippen LogP contribution in [0.3, 0.4) is 0 Å². The van der Waals surface area contributed by atoms with E-state index >= 15 is 0 Å². The van der Waals surface area contributed by atoms with Crippen molar-refractivity contribution in [3.63, 3.8) is 0 Å². The van der Waals surface area contributed by atoms with Crippen molar-refractivity contribution >= 4 is 5.97 Å². The van der Waals surface area contributed by atoms with Gasteiger partial charge in [0.2, 0.25) is 0 Å². The minimum absolute atomic E-state index is 0.166. The van der Waals surface area contributed by atoms with Gasteiger partial charge in [-0.05, 0) is 46.2 Å². The second kappa shape index (κ2) is 8.60. The summed E-state index contributed by atoms with van der Waals surface area (Å²) in [6.45, 7) is 10.7. The Bertz CT molecular complexity index is 299. The average Bonchev–Trinajstić information content (AvgIpc) is 2.46. The number of morpholine rings is 1. The fraction of sp³-hybridized carbons (Fsp3) is 0.933. The molecule has 0 aromatic heterocycles. The maximum atomic E-state index is 12.0. The molecule has 1 fully saturated rings. The van der Waals surface area contributed by atoms with Crippen LogP contribution >= 0.6 is 0 Å². The van der Waals surface area contributed by atoms with E-state index in [-0.39, 0.29) is 5.97 Å². The summed E-state index contributed by atoms with van der Waals surface area (Å²) in [6, 6.07) is 0.469. The highest BCUT2D eigenvalue weighted by atomic mass is 16.5. The standard InChI is InChI=1S/C15H30N2O3/c1-5-8-16-15(3,14(18)19-4)7-6-9-17-10-11-20-12-13(17)2/h13,16H,5-12H2,1-4H3. The van der Waals surface area contributed by atoms with E-state index < -0.39 is 5.54 Å². The summed E-state index contributed by atoms with van der Waals surface area (Å²) in [7, 11) is 1.46. The highest BCUT2D eigenvalue weighted by molar-refractivity contribution is 5.80. The molecular formula is C15H30N2O3. The lowest BCUT2D eigenvalue weighted by Gasteiger charge is -2.34. The van der Waals surface area contributed by atoms with Crippen molar-refractivity contribution < 1.29 is 14.3 Å². The molecule has 0 radical (unpaired) electrons. The van der Waals surface area contributed by atoms with Crippen LogP contribution in [-0.4, -0.2) is 62.4 Å². The van der Waals surface area contributed by atoms with Gasteiger partial charge in [-0.2, -0.15) is 0 Å². The van der Waals surface area contributed by atoms with Crippen LogP contribution in [0.25, 0.3) is 0 Å². The fourth-order valence-corrected chi connectivity index (χ4v) is 2.62. The van der Waals surface area contributed by atoms with Crippen molar-refractivity contribution in [2.45, 2.75) is 51.6 Å². The summed E-state index contributed by atoms with van der Waals surface area (Å²) in [4.78, 5) is 14.4. The average molecular weight is 286 g/mol. The van der Waals surface area contributed by atoms with Gasteiger partial charge in [-0.25, -0.2) is 0 Å². The number of nitrogens with one attached hydrogen (secondary N) is 1. The van der Waals surface area contributed by atoms with Crippen LogP contribution in [0, 0.1) is 0 Å².